The second-order valence-corrected chi connectivity index (χ2v) is 6.88. The maximum Gasteiger partial charge on any atom is 0.341 e. The van der Waals surface area contributed by atoms with E-state index < -0.39 is 12.6 Å². The van der Waals surface area contributed by atoms with Crippen molar-refractivity contribution >= 4 is 17.4 Å². The summed E-state index contributed by atoms with van der Waals surface area (Å²) in [5.41, 5.74) is 2.48. The highest BCUT2D eigenvalue weighted by Crippen LogP contribution is 2.30. The molecule has 0 bridgehead atoms. The summed E-state index contributed by atoms with van der Waals surface area (Å²) in [4.78, 5) is 25.1. The number of benzene rings is 2. The highest BCUT2D eigenvalue weighted by molar-refractivity contribution is 5.95. The Balaban J connectivity index is 2.34. The van der Waals surface area contributed by atoms with Gasteiger partial charge in [-0.2, -0.15) is 0 Å². The number of hydrogen-bond donors (Lipinski definition) is 1. The van der Waals surface area contributed by atoms with E-state index in [2.05, 4.69) is 0 Å². The summed E-state index contributed by atoms with van der Waals surface area (Å²) in [6.07, 6.45) is 1.36. The van der Waals surface area contributed by atoms with Crippen LogP contribution < -0.4 is 9.47 Å². The summed E-state index contributed by atoms with van der Waals surface area (Å²) in [5, 5.41) is 8.93. The molecule has 6 heteroatoms. The van der Waals surface area contributed by atoms with Crippen molar-refractivity contribution in [3.05, 3.63) is 65.7 Å². The third-order valence-electron chi connectivity index (χ3n) is 4.69. The fourth-order valence-corrected chi connectivity index (χ4v) is 2.99. The van der Waals surface area contributed by atoms with Gasteiger partial charge in [0.15, 0.2) is 6.61 Å². The van der Waals surface area contributed by atoms with Crippen LogP contribution in [-0.2, 0) is 9.59 Å². The van der Waals surface area contributed by atoms with Crippen LogP contribution in [0.1, 0.15) is 44.9 Å². The molecule has 30 heavy (non-hydrogen) atoms. The largest absolute Gasteiger partial charge is 0.486 e. The molecule has 2 aromatic rings. The summed E-state index contributed by atoms with van der Waals surface area (Å²) in [6, 6.07) is 15.0. The number of ether oxygens (including phenoxy) is 2. The summed E-state index contributed by atoms with van der Waals surface area (Å²) in [6.45, 7) is 8.43. The van der Waals surface area contributed by atoms with Gasteiger partial charge < -0.3 is 19.5 Å². The second kappa shape index (κ2) is 11.0. The average Bonchev–Trinajstić information content (AvgIpc) is 2.73. The fourth-order valence-electron chi connectivity index (χ4n) is 2.99. The van der Waals surface area contributed by atoms with Gasteiger partial charge in [-0.15, -0.1) is 0 Å². The number of rotatable bonds is 10. The molecule has 1 N–H and O–H groups in total. The molecule has 160 valence electrons. The number of carbonyl (C=O) groups is 2. The van der Waals surface area contributed by atoms with E-state index in [1.165, 1.54) is 0 Å². The van der Waals surface area contributed by atoms with Crippen LogP contribution in [0.4, 0.5) is 0 Å². The number of aliphatic carboxylic acids is 1. The Morgan fingerprint density at radius 3 is 2.30 bits per heavy atom. The smallest absolute Gasteiger partial charge is 0.341 e. The molecule has 0 spiro atoms. The SMILES string of the molecule is CCN(CC)C(=O)C=C(C)c1cc(OCC(=O)O)cc(OC(C)c2ccccc2)c1. The molecule has 0 saturated heterocycles. The zero-order chi connectivity index (χ0) is 22.1. The predicted molar refractivity (Wildman–Crippen MR) is 117 cm³/mol. The van der Waals surface area contributed by atoms with E-state index in [4.69, 9.17) is 14.6 Å². The first-order valence-corrected chi connectivity index (χ1v) is 10.0. The number of hydrogen-bond acceptors (Lipinski definition) is 4. The van der Waals surface area contributed by atoms with E-state index in [9.17, 15) is 9.59 Å². The van der Waals surface area contributed by atoms with Crippen LogP contribution in [0.5, 0.6) is 11.5 Å². The van der Waals surface area contributed by atoms with Crippen molar-refractivity contribution in [2.45, 2.75) is 33.8 Å². The van der Waals surface area contributed by atoms with Crippen molar-refractivity contribution in [3.63, 3.8) is 0 Å². The zero-order valence-electron chi connectivity index (χ0n) is 17.9. The van der Waals surface area contributed by atoms with Gasteiger partial charge in [0, 0.05) is 25.2 Å². The molecule has 2 aromatic carbocycles. The maximum atomic E-state index is 12.4. The minimum Gasteiger partial charge on any atom is -0.486 e. The molecule has 1 unspecified atom stereocenters. The lowest BCUT2D eigenvalue weighted by Gasteiger charge is -2.18. The number of amides is 1. The van der Waals surface area contributed by atoms with E-state index in [0.717, 1.165) is 16.7 Å². The zero-order valence-corrected chi connectivity index (χ0v) is 17.9. The summed E-state index contributed by atoms with van der Waals surface area (Å²) < 4.78 is 11.5. The van der Waals surface area contributed by atoms with E-state index in [-0.39, 0.29) is 12.0 Å². The summed E-state index contributed by atoms with van der Waals surface area (Å²) in [5.74, 6) is -0.237. The Morgan fingerprint density at radius 1 is 1.07 bits per heavy atom. The van der Waals surface area contributed by atoms with Crippen molar-refractivity contribution in [3.8, 4) is 11.5 Å². The quantitative estimate of drug-likeness (QED) is 0.580. The van der Waals surface area contributed by atoms with Crippen LogP contribution in [0.25, 0.3) is 5.57 Å². The van der Waals surface area contributed by atoms with E-state index in [1.807, 2.05) is 64.1 Å². The third-order valence-corrected chi connectivity index (χ3v) is 4.69. The maximum absolute atomic E-state index is 12.4. The molecule has 0 fully saturated rings. The average molecular weight is 411 g/mol. The van der Waals surface area contributed by atoms with Gasteiger partial charge in [-0.25, -0.2) is 4.79 Å². The Hall–Kier alpha value is -3.28. The molecule has 0 saturated carbocycles. The molecular weight excluding hydrogens is 382 g/mol. The molecule has 0 aromatic heterocycles. The van der Waals surface area contributed by atoms with Crippen molar-refractivity contribution in [2.75, 3.05) is 19.7 Å². The molecule has 0 aliphatic heterocycles. The van der Waals surface area contributed by atoms with Crippen LogP contribution in [-0.4, -0.2) is 41.6 Å². The summed E-state index contributed by atoms with van der Waals surface area (Å²) in [7, 11) is 0. The van der Waals surface area contributed by atoms with Crippen LogP contribution in [0.3, 0.4) is 0 Å². The summed E-state index contributed by atoms with van der Waals surface area (Å²) >= 11 is 0. The molecule has 0 aliphatic carbocycles. The fraction of sp³-hybridized carbons (Fsp3) is 0.333. The van der Waals surface area contributed by atoms with Crippen LogP contribution in [0.2, 0.25) is 0 Å². The minimum absolute atomic E-state index is 0.0746. The first-order chi connectivity index (χ1) is 14.3. The monoisotopic (exact) mass is 411 g/mol. The van der Waals surface area contributed by atoms with Crippen molar-refractivity contribution in [2.24, 2.45) is 0 Å². The number of allylic oxidation sites excluding steroid dienone is 1. The number of nitrogens with zero attached hydrogens (tertiary/aromatic N) is 1. The van der Waals surface area contributed by atoms with Crippen LogP contribution >= 0.6 is 0 Å². The van der Waals surface area contributed by atoms with Gasteiger partial charge in [0.25, 0.3) is 0 Å². The Labute approximate surface area is 177 Å². The first kappa shape index (κ1) is 23.0. The first-order valence-electron chi connectivity index (χ1n) is 10.0. The van der Waals surface area contributed by atoms with Gasteiger partial charge in [0.2, 0.25) is 5.91 Å². The highest BCUT2D eigenvalue weighted by atomic mass is 16.5. The topological polar surface area (TPSA) is 76.1 Å². The van der Waals surface area contributed by atoms with E-state index in [1.54, 1.807) is 23.1 Å². The van der Waals surface area contributed by atoms with Crippen molar-refractivity contribution < 1.29 is 24.2 Å². The van der Waals surface area contributed by atoms with Gasteiger partial charge in [0.05, 0.1) is 0 Å². The lowest BCUT2D eigenvalue weighted by atomic mass is 10.1. The van der Waals surface area contributed by atoms with Crippen molar-refractivity contribution in [1.82, 2.24) is 4.90 Å². The molecule has 1 amide bonds. The molecule has 2 rings (SSSR count). The van der Waals surface area contributed by atoms with E-state index in [0.29, 0.717) is 24.6 Å². The Bertz CT molecular complexity index is 888. The predicted octanol–water partition coefficient (Wildman–Crippen LogP) is 4.56. The highest BCUT2D eigenvalue weighted by Gasteiger charge is 2.13. The minimum atomic E-state index is -1.07. The Kier molecular flexibility index (Phi) is 8.47. The molecule has 6 nitrogen and oxygen atoms in total. The second-order valence-electron chi connectivity index (χ2n) is 6.88. The normalized spacial score (nSPS) is 12.2. The number of likely N-dealkylation sites (N-methyl/N-ethyl adjacent to an activating group) is 1. The number of carboxylic acid groups (broad SMARTS) is 1. The van der Waals surface area contributed by atoms with E-state index >= 15 is 0 Å². The molecular formula is C24H29NO5. The van der Waals surface area contributed by atoms with Gasteiger partial charge in [-0.1, -0.05) is 30.3 Å². The number of carbonyl (C=O) groups excluding carboxylic acids is 1. The molecule has 0 heterocycles. The Morgan fingerprint density at radius 2 is 1.70 bits per heavy atom. The van der Waals surface area contributed by atoms with Crippen LogP contribution in [0.15, 0.2) is 54.6 Å². The third kappa shape index (κ3) is 6.65. The van der Waals surface area contributed by atoms with Gasteiger partial charge in [-0.3, -0.25) is 4.79 Å². The van der Waals surface area contributed by atoms with Crippen molar-refractivity contribution in [1.29, 1.82) is 0 Å². The van der Waals surface area contributed by atoms with Gasteiger partial charge >= 0.3 is 5.97 Å². The molecule has 1 atom stereocenters. The lowest BCUT2D eigenvalue weighted by molar-refractivity contribution is -0.139. The molecule has 0 radical (unpaired) electrons. The number of carboxylic acids is 1. The van der Waals surface area contributed by atoms with Gasteiger partial charge in [-0.05, 0) is 56.5 Å². The van der Waals surface area contributed by atoms with Crippen LogP contribution in [0, 0.1) is 0 Å². The standard InChI is InChI=1S/C24H29NO5/c1-5-25(6-2)23(26)12-17(3)20-13-21(29-16-24(27)28)15-22(14-20)30-18(4)19-10-8-7-9-11-19/h7-15,18H,5-6,16H2,1-4H3,(H,27,28). The molecule has 0 aliphatic rings. The lowest BCUT2D eigenvalue weighted by Crippen LogP contribution is -2.28. The van der Waals surface area contributed by atoms with Gasteiger partial charge in [0.1, 0.15) is 17.6 Å².